The zero-order chi connectivity index (χ0) is 41.1. The molecule has 0 radical (unpaired) electrons. The number of carbonyl (C=O) groups is 2. The minimum absolute atomic E-state index is 0.00198. The second kappa shape index (κ2) is 19.8. The van der Waals surface area contributed by atoms with Gasteiger partial charge >= 0.3 is 6.09 Å². The van der Waals surface area contributed by atoms with Crippen LogP contribution in [0.1, 0.15) is 84.8 Å². The smallest absolute Gasteiger partial charge is 0.412 e. The van der Waals surface area contributed by atoms with E-state index in [0.29, 0.717) is 54.3 Å². The van der Waals surface area contributed by atoms with Gasteiger partial charge in [0.25, 0.3) is 5.91 Å². The predicted octanol–water partition coefficient (Wildman–Crippen LogP) is 7.27. The van der Waals surface area contributed by atoms with Crippen molar-refractivity contribution in [3.63, 3.8) is 0 Å². The van der Waals surface area contributed by atoms with E-state index < -0.39 is 23.8 Å². The maximum atomic E-state index is 14.4. The van der Waals surface area contributed by atoms with Crippen molar-refractivity contribution in [1.82, 2.24) is 10.2 Å². The molecule has 6 rings (SSSR count). The third kappa shape index (κ3) is 9.12. The number of allylic oxidation sites excluding steroid dienone is 1. The SMILES string of the molecule is C=CCOC12Oc3ccc(OC(=O)NCc4ccccc4)cc3C3C(CCCCO)C(CCCCO)C=C(C(=NOCC)CC1N(C)C(=O)c1ccc(C#N)cc1)C32. The van der Waals surface area contributed by atoms with Gasteiger partial charge in [-0.3, -0.25) is 4.79 Å². The van der Waals surface area contributed by atoms with E-state index in [2.05, 4.69) is 24.0 Å². The highest BCUT2D eigenvalue weighted by Crippen LogP contribution is 2.61. The van der Waals surface area contributed by atoms with Crippen LogP contribution in [0.2, 0.25) is 0 Å². The molecule has 3 aliphatic rings. The van der Waals surface area contributed by atoms with E-state index in [1.165, 1.54) is 0 Å². The molecule has 0 bridgehead atoms. The van der Waals surface area contributed by atoms with Crippen molar-refractivity contribution in [3.05, 3.63) is 119 Å². The zero-order valence-corrected chi connectivity index (χ0v) is 33.3. The van der Waals surface area contributed by atoms with Crippen LogP contribution in [0.3, 0.4) is 0 Å². The number of nitriles is 1. The molecule has 2 aliphatic carbocycles. The van der Waals surface area contributed by atoms with Gasteiger partial charge in [0, 0.05) is 50.3 Å². The number of hydrogen-bond donors (Lipinski definition) is 3. The topological polar surface area (TPSA) is 163 Å². The van der Waals surface area contributed by atoms with Gasteiger partial charge in [-0.25, -0.2) is 4.79 Å². The van der Waals surface area contributed by atoms with Gasteiger partial charge in [0.05, 0.1) is 29.9 Å². The lowest BCUT2D eigenvalue weighted by Crippen LogP contribution is -2.69. The first-order valence-corrected chi connectivity index (χ1v) is 20.3. The lowest BCUT2D eigenvalue weighted by Gasteiger charge is -2.59. The third-order valence-electron chi connectivity index (χ3n) is 11.5. The molecule has 1 fully saturated rings. The Balaban J connectivity index is 1.50. The minimum Gasteiger partial charge on any atom is -0.459 e. The average Bonchev–Trinajstić information content (AvgIpc) is 3.25. The molecule has 58 heavy (non-hydrogen) atoms. The quantitative estimate of drug-likeness (QED) is 0.0683. The van der Waals surface area contributed by atoms with E-state index in [4.69, 9.17) is 24.2 Å². The number of nitrogens with one attached hydrogen (secondary N) is 1. The lowest BCUT2D eigenvalue weighted by atomic mass is 9.55. The van der Waals surface area contributed by atoms with Crippen molar-refractivity contribution in [3.8, 4) is 17.6 Å². The summed E-state index contributed by atoms with van der Waals surface area (Å²) in [7, 11) is 1.73. The summed E-state index contributed by atoms with van der Waals surface area (Å²) in [5.41, 5.74) is 4.20. The molecule has 0 aromatic heterocycles. The second-order valence-corrected chi connectivity index (χ2v) is 15.0. The van der Waals surface area contributed by atoms with Crippen molar-refractivity contribution < 1.29 is 38.9 Å². The Morgan fingerprint density at radius 3 is 2.48 bits per heavy atom. The lowest BCUT2D eigenvalue weighted by molar-refractivity contribution is -0.252. The van der Waals surface area contributed by atoms with Gasteiger partial charge in [0.1, 0.15) is 24.1 Å². The van der Waals surface area contributed by atoms with E-state index >= 15 is 0 Å². The number of nitrogens with zero attached hydrogens (tertiary/aromatic N) is 3. The molecule has 1 saturated carbocycles. The van der Waals surface area contributed by atoms with Gasteiger partial charge < -0.3 is 39.5 Å². The average molecular weight is 791 g/mol. The molecule has 12 heteroatoms. The first-order chi connectivity index (χ1) is 28.3. The second-order valence-electron chi connectivity index (χ2n) is 15.0. The summed E-state index contributed by atoms with van der Waals surface area (Å²) >= 11 is 0. The summed E-state index contributed by atoms with van der Waals surface area (Å²) in [6, 6.07) is 22.9. The largest absolute Gasteiger partial charge is 0.459 e. The van der Waals surface area contributed by atoms with Crippen molar-refractivity contribution >= 4 is 17.7 Å². The number of unbranched alkanes of at least 4 members (excludes halogenated alkanes) is 2. The highest BCUT2D eigenvalue weighted by molar-refractivity contribution is 6.03. The highest BCUT2D eigenvalue weighted by atomic mass is 16.7. The van der Waals surface area contributed by atoms with Gasteiger partial charge in [-0.1, -0.05) is 60.5 Å². The molecule has 0 saturated heterocycles. The van der Waals surface area contributed by atoms with E-state index in [-0.39, 0.29) is 49.9 Å². The molecule has 2 amide bonds. The Hall–Kier alpha value is -5.48. The monoisotopic (exact) mass is 790 g/mol. The fourth-order valence-electron chi connectivity index (χ4n) is 8.88. The fraction of sp³-hybridized carbons (Fsp3) is 0.435. The summed E-state index contributed by atoms with van der Waals surface area (Å²) in [6.45, 7) is 6.75. The zero-order valence-electron chi connectivity index (χ0n) is 33.3. The van der Waals surface area contributed by atoms with Gasteiger partial charge in [-0.15, -0.1) is 6.58 Å². The number of oxime groups is 1. The van der Waals surface area contributed by atoms with Crippen LogP contribution in [0.4, 0.5) is 4.79 Å². The summed E-state index contributed by atoms with van der Waals surface area (Å²) < 4.78 is 20.0. The van der Waals surface area contributed by atoms with Crippen molar-refractivity contribution in [2.24, 2.45) is 22.9 Å². The number of fused-ring (bicyclic) bond motifs is 2. The molecule has 0 spiro atoms. The van der Waals surface area contributed by atoms with Gasteiger partial charge in [0.15, 0.2) is 0 Å². The molecule has 1 aliphatic heterocycles. The third-order valence-corrected chi connectivity index (χ3v) is 11.5. The molecular weight excluding hydrogens is 737 g/mol. The van der Waals surface area contributed by atoms with Crippen LogP contribution in [0, 0.1) is 29.1 Å². The number of carbonyl (C=O) groups excluding carboxylic acids is 2. The Bertz CT molecular complexity index is 1990. The van der Waals surface area contributed by atoms with E-state index in [0.717, 1.165) is 42.4 Å². The molecule has 3 N–H and O–H groups in total. The first-order valence-electron chi connectivity index (χ1n) is 20.3. The van der Waals surface area contributed by atoms with Crippen LogP contribution < -0.4 is 14.8 Å². The first kappa shape index (κ1) is 42.1. The molecule has 3 aromatic rings. The van der Waals surface area contributed by atoms with Crippen molar-refractivity contribution in [1.29, 1.82) is 5.26 Å². The maximum Gasteiger partial charge on any atom is 0.412 e. The Labute approximate surface area is 340 Å². The summed E-state index contributed by atoms with van der Waals surface area (Å²) in [6.07, 6.45) is 8.00. The number of amides is 2. The number of ether oxygens (including phenoxy) is 3. The molecule has 306 valence electrons. The fourth-order valence-corrected chi connectivity index (χ4v) is 8.88. The molecule has 6 atom stereocenters. The Morgan fingerprint density at radius 2 is 1.79 bits per heavy atom. The number of aliphatic hydroxyl groups excluding tert-OH is 2. The summed E-state index contributed by atoms with van der Waals surface area (Å²) in [5.74, 6) is -1.57. The number of hydrogen-bond acceptors (Lipinski definition) is 10. The van der Waals surface area contributed by atoms with Gasteiger partial charge in [-0.2, -0.15) is 5.26 Å². The molecule has 6 unspecified atom stereocenters. The van der Waals surface area contributed by atoms with Crippen LogP contribution in [0.5, 0.6) is 11.5 Å². The minimum atomic E-state index is -1.43. The normalized spacial score (nSPS) is 23.6. The van der Waals surface area contributed by atoms with E-state index in [9.17, 15) is 25.1 Å². The molecule has 3 aromatic carbocycles. The van der Waals surface area contributed by atoms with Gasteiger partial charge in [-0.05, 0) is 98.0 Å². The van der Waals surface area contributed by atoms with E-state index in [1.807, 2.05) is 43.3 Å². The summed E-state index contributed by atoms with van der Waals surface area (Å²) in [5, 5.41) is 36.6. The van der Waals surface area contributed by atoms with Gasteiger partial charge in [0.2, 0.25) is 5.79 Å². The number of aliphatic hydroxyl groups is 2. The van der Waals surface area contributed by atoms with Crippen LogP contribution in [-0.4, -0.2) is 78.1 Å². The van der Waals surface area contributed by atoms with Crippen LogP contribution in [0.25, 0.3) is 0 Å². The Kier molecular flexibility index (Phi) is 14.4. The Morgan fingerprint density at radius 1 is 1.05 bits per heavy atom. The molecule has 1 heterocycles. The van der Waals surface area contributed by atoms with Crippen LogP contribution in [-0.2, 0) is 16.1 Å². The maximum absolute atomic E-state index is 14.4. The number of rotatable bonds is 18. The van der Waals surface area contributed by atoms with Crippen LogP contribution in [0.15, 0.2) is 102 Å². The van der Waals surface area contributed by atoms with Crippen molar-refractivity contribution in [2.45, 2.75) is 76.2 Å². The van der Waals surface area contributed by atoms with Crippen molar-refractivity contribution in [2.75, 3.05) is 33.5 Å². The highest BCUT2D eigenvalue weighted by Gasteiger charge is 2.65. The standard InChI is InChI=1S/C46H54N4O8/c1-4-25-55-46-41(50(3)44(53)33-19-17-31(29-47)18-20-33)28-39(49-56-5-2)37-26-34(15-9-11-23-51)36(16-10-12-24-52)42(43(37)46)38-27-35(21-22-40(38)58-46)57-45(54)48-30-32-13-7-6-8-14-32/h4,6-8,13-14,17-22,26-27,34,36,41-43,51-52H,1,5,9-12,15-16,23-25,28,30H2,2-3H3,(H,48,54). The number of likely N-dealkylation sites (N-methyl/N-ethyl adjacent to an activating group) is 1. The molecule has 12 nitrogen and oxygen atoms in total. The molecular formula is C46H54N4O8. The van der Waals surface area contributed by atoms with Crippen LogP contribution >= 0.6 is 0 Å². The number of benzene rings is 3. The van der Waals surface area contributed by atoms with E-state index in [1.54, 1.807) is 54.4 Å². The summed E-state index contributed by atoms with van der Waals surface area (Å²) in [4.78, 5) is 35.0. The predicted molar refractivity (Wildman–Crippen MR) is 219 cm³/mol.